The molecule has 0 N–H and O–H groups in total. The molecule has 0 radical (unpaired) electrons. The Morgan fingerprint density at radius 3 is 2.32 bits per heavy atom. The number of aromatic nitrogens is 1. The van der Waals surface area contributed by atoms with Crippen molar-refractivity contribution < 1.29 is 23.8 Å². The Morgan fingerprint density at radius 2 is 1.58 bits per heavy atom. The fourth-order valence-corrected chi connectivity index (χ4v) is 3.99. The van der Waals surface area contributed by atoms with Crippen LogP contribution in [0.1, 0.15) is 34.1 Å². The molecule has 0 fully saturated rings. The Hall–Kier alpha value is -4.65. The van der Waals surface area contributed by atoms with Gasteiger partial charge in [-0.3, -0.25) is 14.6 Å². The molecule has 194 valence electrons. The topological polar surface area (TPSA) is 78.0 Å². The maximum absolute atomic E-state index is 13.7. The summed E-state index contributed by atoms with van der Waals surface area (Å²) in [4.78, 5) is 31.4. The smallest absolute Gasteiger partial charge is 0.308 e. The molecule has 3 aromatic carbocycles. The predicted molar refractivity (Wildman–Crippen MR) is 144 cm³/mol. The summed E-state index contributed by atoms with van der Waals surface area (Å²) < 4.78 is 16.9. The number of hydrogen-bond acceptors (Lipinski definition) is 6. The number of carbonyl (C=O) groups excluding carboxylic acids is 2. The van der Waals surface area contributed by atoms with Crippen molar-refractivity contribution >= 4 is 11.9 Å². The third-order valence-electron chi connectivity index (χ3n) is 5.86. The first-order valence-corrected chi connectivity index (χ1v) is 12.3. The van der Waals surface area contributed by atoms with E-state index in [2.05, 4.69) is 4.98 Å². The highest BCUT2D eigenvalue weighted by atomic mass is 16.5. The summed E-state index contributed by atoms with van der Waals surface area (Å²) in [6.45, 7) is 2.46. The van der Waals surface area contributed by atoms with Gasteiger partial charge in [-0.2, -0.15) is 0 Å². The number of methoxy groups -OCH3 is 1. The highest BCUT2D eigenvalue weighted by Crippen LogP contribution is 2.30. The molecule has 0 aliphatic carbocycles. The van der Waals surface area contributed by atoms with Crippen LogP contribution < -0.4 is 14.2 Å². The van der Waals surface area contributed by atoms with Crippen LogP contribution in [0, 0.1) is 0 Å². The molecule has 0 atom stereocenters. The van der Waals surface area contributed by atoms with E-state index in [4.69, 9.17) is 14.2 Å². The zero-order valence-electron chi connectivity index (χ0n) is 21.5. The lowest BCUT2D eigenvalue weighted by Gasteiger charge is -2.24. The monoisotopic (exact) mass is 510 g/mol. The number of para-hydroxylation sites is 1. The van der Waals surface area contributed by atoms with Gasteiger partial charge in [0.25, 0.3) is 5.91 Å². The lowest BCUT2D eigenvalue weighted by atomic mass is 10.1. The second-order valence-electron chi connectivity index (χ2n) is 8.65. The lowest BCUT2D eigenvalue weighted by molar-refractivity contribution is -0.131. The van der Waals surface area contributed by atoms with E-state index in [0.29, 0.717) is 43.2 Å². The number of carbonyl (C=O) groups is 2. The molecule has 0 bridgehead atoms. The Labute approximate surface area is 222 Å². The maximum Gasteiger partial charge on any atom is 0.308 e. The molecule has 0 aliphatic rings. The van der Waals surface area contributed by atoms with E-state index in [0.717, 1.165) is 16.8 Å². The summed E-state index contributed by atoms with van der Waals surface area (Å²) in [5.41, 5.74) is 3.11. The number of amides is 1. The Bertz CT molecular complexity index is 1360. The largest absolute Gasteiger partial charge is 0.493 e. The quantitative estimate of drug-likeness (QED) is 0.196. The minimum atomic E-state index is -0.485. The molecule has 0 aliphatic heterocycles. The van der Waals surface area contributed by atoms with Crippen LogP contribution in [-0.2, 0) is 24.4 Å². The van der Waals surface area contributed by atoms with Crippen molar-refractivity contribution in [2.75, 3.05) is 13.7 Å². The number of hydrogen-bond donors (Lipinski definition) is 0. The molecule has 0 saturated heterocycles. The molecule has 0 unspecified atom stereocenters. The molecule has 7 nitrogen and oxygen atoms in total. The molecule has 7 heteroatoms. The van der Waals surface area contributed by atoms with E-state index in [1.807, 2.05) is 66.7 Å². The summed E-state index contributed by atoms with van der Waals surface area (Å²) in [6, 6.07) is 28.0. The summed E-state index contributed by atoms with van der Waals surface area (Å²) in [7, 11) is 1.59. The van der Waals surface area contributed by atoms with Gasteiger partial charge in [-0.15, -0.1) is 0 Å². The fourth-order valence-electron chi connectivity index (χ4n) is 3.99. The highest BCUT2D eigenvalue weighted by Gasteiger charge is 2.21. The van der Waals surface area contributed by atoms with E-state index in [1.165, 1.54) is 6.92 Å². The SMILES string of the molecule is COc1cc(CN(CCc2ccccn2)C(=O)c2ccccc2OC(C)=O)ccc1OCc1ccccc1. The Kier molecular flexibility index (Phi) is 9.07. The summed E-state index contributed by atoms with van der Waals surface area (Å²) >= 11 is 0. The number of rotatable bonds is 11. The average molecular weight is 511 g/mol. The standard InChI is InChI=1S/C31H30N2O5/c1-23(34)38-28-14-7-6-13-27(28)31(35)33(19-17-26-12-8-9-18-32-26)21-25-15-16-29(30(20-25)36-2)37-22-24-10-4-3-5-11-24/h3-16,18,20H,17,19,21-22H2,1-2H3. The number of ether oxygens (including phenoxy) is 3. The van der Waals surface area contributed by atoms with Gasteiger partial charge in [-0.05, 0) is 47.5 Å². The van der Waals surface area contributed by atoms with E-state index < -0.39 is 5.97 Å². The zero-order chi connectivity index (χ0) is 26.7. The van der Waals surface area contributed by atoms with Crippen molar-refractivity contribution in [1.82, 2.24) is 9.88 Å². The molecule has 4 rings (SSSR count). The molecular weight excluding hydrogens is 480 g/mol. The van der Waals surface area contributed by atoms with Crippen LogP contribution >= 0.6 is 0 Å². The molecule has 38 heavy (non-hydrogen) atoms. The van der Waals surface area contributed by atoms with Gasteiger partial charge in [-0.25, -0.2) is 0 Å². The normalized spacial score (nSPS) is 10.5. The molecule has 0 saturated carbocycles. The van der Waals surface area contributed by atoms with Crippen LogP contribution in [0.3, 0.4) is 0 Å². The van der Waals surface area contributed by atoms with Crippen molar-refractivity contribution in [3.63, 3.8) is 0 Å². The lowest BCUT2D eigenvalue weighted by Crippen LogP contribution is -2.33. The number of benzene rings is 3. The Balaban J connectivity index is 1.56. The first-order chi connectivity index (χ1) is 18.5. The number of pyridine rings is 1. The number of esters is 1. The van der Waals surface area contributed by atoms with Crippen molar-refractivity contribution in [3.05, 3.63) is 120 Å². The Morgan fingerprint density at radius 1 is 0.816 bits per heavy atom. The van der Waals surface area contributed by atoms with Crippen LogP contribution in [0.2, 0.25) is 0 Å². The summed E-state index contributed by atoms with van der Waals surface area (Å²) in [5, 5.41) is 0. The third-order valence-corrected chi connectivity index (χ3v) is 5.86. The van der Waals surface area contributed by atoms with Crippen LogP contribution in [0.25, 0.3) is 0 Å². The highest BCUT2D eigenvalue weighted by molar-refractivity contribution is 5.97. The van der Waals surface area contributed by atoms with Gasteiger partial charge in [0.15, 0.2) is 11.5 Å². The van der Waals surface area contributed by atoms with Crippen LogP contribution in [-0.4, -0.2) is 35.4 Å². The first kappa shape index (κ1) is 26.4. The van der Waals surface area contributed by atoms with E-state index >= 15 is 0 Å². The van der Waals surface area contributed by atoms with Crippen LogP contribution in [0.4, 0.5) is 0 Å². The fraction of sp³-hybridized carbons (Fsp3) is 0.194. The van der Waals surface area contributed by atoms with Gasteiger partial charge in [0, 0.05) is 38.3 Å². The molecule has 1 amide bonds. The number of nitrogens with zero attached hydrogens (tertiary/aromatic N) is 2. The molecular formula is C31H30N2O5. The van der Waals surface area contributed by atoms with Gasteiger partial charge >= 0.3 is 5.97 Å². The van der Waals surface area contributed by atoms with Gasteiger partial charge < -0.3 is 19.1 Å². The van der Waals surface area contributed by atoms with Gasteiger partial charge in [0.1, 0.15) is 12.4 Å². The third kappa shape index (κ3) is 7.20. The van der Waals surface area contributed by atoms with Crippen molar-refractivity contribution in [1.29, 1.82) is 0 Å². The molecule has 4 aromatic rings. The van der Waals surface area contributed by atoms with E-state index in [-0.39, 0.29) is 11.7 Å². The van der Waals surface area contributed by atoms with Crippen molar-refractivity contribution in [2.45, 2.75) is 26.5 Å². The van der Waals surface area contributed by atoms with Gasteiger partial charge in [0.2, 0.25) is 0 Å². The molecule has 0 spiro atoms. The minimum absolute atomic E-state index is 0.232. The zero-order valence-corrected chi connectivity index (χ0v) is 21.5. The van der Waals surface area contributed by atoms with Gasteiger partial charge in [0.05, 0.1) is 12.7 Å². The van der Waals surface area contributed by atoms with Crippen LogP contribution in [0.15, 0.2) is 97.2 Å². The van der Waals surface area contributed by atoms with Crippen molar-refractivity contribution in [2.24, 2.45) is 0 Å². The first-order valence-electron chi connectivity index (χ1n) is 12.3. The van der Waals surface area contributed by atoms with E-state index in [1.54, 1.807) is 42.5 Å². The van der Waals surface area contributed by atoms with E-state index in [9.17, 15) is 9.59 Å². The average Bonchev–Trinajstić information content (AvgIpc) is 2.95. The van der Waals surface area contributed by atoms with Gasteiger partial charge in [-0.1, -0.05) is 54.6 Å². The predicted octanol–water partition coefficient (Wildman–Crippen LogP) is 5.48. The second-order valence-corrected chi connectivity index (χ2v) is 8.65. The van der Waals surface area contributed by atoms with Crippen molar-refractivity contribution in [3.8, 4) is 17.2 Å². The molecule has 1 aromatic heterocycles. The maximum atomic E-state index is 13.7. The van der Waals surface area contributed by atoms with Crippen LogP contribution in [0.5, 0.6) is 17.2 Å². The summed E-state index contributed by atoms with van der Waals surface area (Å²) in [5.74, 6) is 0.694. The molecule has 1 heterocycles. The summed E-state index contributed by atoms with van der Waals surface area (Å²) in [6.07, 6.45) is 2.30. The minimum Gasteiger partial charge on any atom is -0.493 e. The second kappa shape index (κ2) is 13.1.